The summed E-state index contributed by atoms with van der Waals surface area (Å²) in [5.74, 6) is 2.30. The van der Waals surface area contributed by atoms with Gasteiger partial charge in [-0.3, -0.25) is 4.79 Å². The summed E-state index contributed by atoms with van der Waals surface area (Å²) >= 11 is 1.35. The molecule has 34 heavy (non-hydrogen) atoms. The molecule has 1 aromatic heterocycles. The van der Waals surface area contributed by atoms with Crippen molar-refractivity contribution < 1.29 is 14.3 Å². The van der Waals surface area contributed by atoms with E-state index in [-0.39, 0.29) is 11.7 Å². The first kappa shape index (κ1) is 23.4. The molecule has 174 valence electrons. The van der Waals surface area contributed by atoms with Gasteiger partial charge in [-0.1, -0.05) is 54.2 Å². The lowest BCUT2D eigenvalue weighted by atomic mass is 10.2. The maximum absolute atomic E-state index is 12.5. The number of nitrogens with one attached hydrogen (secondary N) is 1. The van der Waals surface area contributed by atoms with E-state index >= 15 is 0 Å². The lowest BCUT2D eigenvalue weighted by molar-refractivity contribution is -0.113. The van der Waals surface area contributed by atoms with Crippen molar-refractivity contribution in [3.05, 3.63) is 84.4 Å². The predicted octanol–water partition coefficient (Wildman–Crippen LogP) is 5.28. The number of carbonyl (C=O) groups excluding carboxylic acids is 1. The van der Waals surface area contributed by atoms with E-state index in [9.17, 15) is 4.79 Å². The summed E-state index contributed by atoms with van der Waals surface area (Å²) in [6.07, 6.45) is 0. The van der Waals surface area contributed by atoms with E-state index in [1.807, 2.05) is 90.4 Å². The molecule has 0 aliphatic carbocycles. The van der Waals surface area contributed by atoms with Crippen molar-refractivity contribution in [1.82, 2.24) is 14.8 Å². The second-order valence-corrected chi connectivity index (χ2v) is 8.33. The van der Waals surface area contributed by atoms with E-state index in [4.69, 9.17) is 9.47 Å². The van der Waals surface area contributed by atoms with Gasteiger partial charge in [0, 0.05) is 12.2 Å². The molecule has 0 radical (unpaired) electrons. The number of para-hydroxylation sites is 1. The Morgan fingerprint density at radius 1 is 0.971 bits per heavy atom. The third-order valence-electron chi connectivity index (χ3n) is 5.10. The predicted molar refractivity (Wildman–Crippen MR) is 134 cm³/mol. The van der Waals surface area contributed by atoms with Crippen molar-refractivity contribution in [1.29, 1.82) is 0 Å². The molecule has 0 unspecified atom stereocenters. The Balaban J connectivity index is 1.33. The van der Waals surface area contributed by atoms with Gasteiger partial charge in [-0.05, 0) is 48.9 Å². The molecule has 0 saturated heterocycles. The monoisotopic (exact) mass is 474 g/mol. The number of hydrogen-bond acceptors (Lipinski definition) is 6. The number of aromatic nitrogens is 3. The van der Waals surface area contributed by atoms with Gasteiger partial charge in [-0.25, -0.2) is 0 Å². The molecule has 4 aromatic rings. The molecule has 0 fully saturated rings. The smallest absolute Gasteiger partial charge is 0.234 e. The highest BCUT2D eigenvalue weighted by molar-refractivity contribution is 7.99. The van der Waals surface area contributed by atoms with E-state index < -0.39 is 0 Å². The Kier molecular flexibility index (Phi) is 7.83. The number of nitrogens with zero attached hydrogens (tertiary/aromatic N) is 3. The highest BCUT2D eigenvalue weighted by atomic mass is 32.2. The Morgan fingerprint density at radius 2 is 1.71 bits per heavy atom. The van der Waals surface area contributed by atoms with Crippen LogP contribution in [0.15, 0.2) is 84.0 Å². The van der Waals surface area contributed by atoms with Gasteiger partial charge >= 0.3 is 0 Å². The molecule has 1 N–H and O–H groups in total. The minimum Gasteiger partial charge on any atom is -0.496 e. The van der Waals surface area contributed by atoms with E-state index in [1.54, 1.807) is 7.11 Å². The Bertz CT molecular complexity index is 1230. The van der Waals surface area contributed by atoms with Crippen LogP contribution < -0.4 is 14.8 Å². The molecule has 1 heterocycles. The van der Waals surface area contributed by atoms with Crippen LogP contribution in [-0.4, -0.2) is 33.5 Å². The van der Waals surface area contributed by atoms with Crippen LogP contribution >= 0.6 is 11.8 Å². The van der Waals surface area contributed by atoms with Gasteiger partial charge in [0.2, 0.25) is 5.91 Å². The average molecular weight is 475 g/mol. The van der Waals surface area contributed by atoms with E-state index in [2.05, 4.69) is 15.5 Å². The SMILES string of the molecule is CCn1c(SCC(=O)Nc2ccc(OCc3ccccc3)cc2)nnc1-c1ccccc1OC. The van der Waals surface area contributed by atoms with E-state index in [0.717, 1.165) is 22.6 Å². The first-order chi connectivity index (χ1) is 16.7. The fraction of sp³-hybridized carbons (Fsp3) is 0.192. The summed E-state index contributed by atoms with van der Waals surface area (Å²) in [6, 6.07) is 25.0. The highest BCUT2D eigenvalue weighted by Crippen LogP contribution is 2.30. The molecule has 3 aromatic carbocycles. The van der Waals surface area contributed by atoms with Crippen molar-refractivity contribution in [2.45, 2.75) is 25.2 Å². The zero-order chi connectivity index (χ0) is 23.8. The van der Waals surface area contributed by atoms with Crippen LogP contribution in [0.1, 0.15) is 12.5 Å². The van der Waals surface area contributed by atoms with Crippen molar-refractivity contribution in [2.24, 2.45) is 0 Å². The van der Waals surface area contributed by atoms with Crippen LogP contribution in [0.4, 0.5) is 5.69 Å². The molecule has 0 saturated carbocycles. The van der Waals surface area contributed by atoms with Gasteiger partial charge in [0.15, 0.2) is 11.0 Å². The number of thioether (sulfide) groups is 1. The summed E-state index contributed by atoms with van der Waals surface area (Å²) < 4.78 is 13.2. The lowest BCUT2D eigenvalue weighted by Crippen LogP contribution is -2.14. The number of carbonyl (C=O) groups is 1. The molecule has 0 aliphatic rings. The Morgan fingerprint density at radius 3 is 2.44 bits per heavy atom. The first-order valence-electron chi connectivity index (χ1n) is 10.9. The van der Waals surface area contributed by atoms with Crippen LogP contribution in [0.3, 0.4) is 0 Å². The first-order valence-corrected chi connectivity index (χ1v) is 11.9. The van der Waals surface area contributed by atoms with Crippen molar-refractivity contribution in [2.75, 3.05) is 18.2 Å². The molecular weight excluding hydrogens is 448 g/mol. The van der Waals surface area contributed by atoms with Crippen molar-refractivity contribution >= 4 is 23.4 Å². The van der Waals surface area contributed by atoms with Gasteiger partial charge < -0.3 is 19.4 Å². The molecule has 0 bridgehead atoms. The summed E-state index contributed by atoms with van der Waals surface area (Å²) in [7, 11) is 1.63. The van der Waals surface area contributed by atoms with Gasteiger partial charge in [0.1, 0.15) is 18.1 Å². The molecule has 0 spiro atoms. The molecular formula is C26H26N4O3S. The van der Waals surface area contributed by atoms with Gasteiger partial charge in [0.25, 0.3) is 0 Å². The van der Waals surface area contributed by atoms with Crippen LogP contribution in [0.25, 0.3) is 11.4 Å². The standard InChI is InChI=1S/C26H26N4O3S/c1-3-30-25(22-11-7-8-12-23(22)32-2)28-29-26(30)34-18-24(31)27-20-13-15-21(16-14-20)33-17-19-9-5-4-6-10-19/h4-16H,3,17-18H2,1-2H3,(H,27,31). The molecule has 4 rings (SSSR count). The number of amides is 1. The number of methoxy groups -OCH3 is 1. The average Bonchev–Trinajstić information content (AvgIpc) is 3.30. The second kappa shape index (κ2) is 11.4. The normalized spacial score (nSPS) is 10.6. The number of anilines is 1. The van der Waals surface area contributed by atoms with Crippen molar-refractivity contribution in [3.63, 3.8) is 0 Å². The van der Waals surface area contributed by atoms with Crippen LogP contribution in [0, 0.1) is 0 Å². The number of ether oxygens (including phenoxy) is 2. The minimum atomic E-state index is -0.118. The fourth-order valence-electron chi connectivity index (χ4n) is 3.41. The zero-order valence-electron chi connectivity index (χ0n) is 19.1. The largest absolute Gasteiger partial charge is 0.496 e. The van der Waals surface area contributed by atoms with Crippen LogP contribution in [0.5, 0.6) is 11.5 Å². The van der Waals surface area contributed by atoms with Gasteiger partial charge in [-0.15, -0.1) is 10.2 Å². The maximum Gasteiger partial charge on any atom is 0.234 e. The third-order valence-corrected chi connectivity index (χ3v) is 6.07. The Labute approximate surface area is 203 Å². The minimum absolute atomic E-state index is 0.118. The molecule has 7 nitrogen and oxygen atoms in total. The number of hydrogen-bond donors (Lipinski definition) is 1. The number of rotatable bonds is 10. The Hall–Kier alpha value is -3.78. The topological polar surface area (TPSA) is 78.3 Å². The quantitative estimate of drug-likeness (QED) is 0.315. The summed E-state index contributed by atoms with van der Waals surface area (Å²) in [5.41, 5.74) is 2.68. The molecule has 8 heteroatoms. The molecule has 1 amide bonds. The second-order valence-electron chi connectivity index (χ2n) is 7.39. The van der Waals surface area contributed by atoms with E-state index in [1.165, 1.54) is 11.8 Å². The third kappa shape index (κ3) is 5.77. The van der Waals surface area contributed by atoms with Crippen molar-refractivity contribution in [3.8, 4) is 22.9 Å². The fourth-order valence-corrected chi connectivity index (χ4v) is 4.21. The molecule has 0 aliphatic heterocycles. The highest BCUT2D eigenvalue weighted by Gasteiger charge is 2.17. The van der Waals surface area contributed by atoms with E-state index in [0.29, 0.717) is 29.8 Å². The molecule has 0 atom stereocenters. The summed E-state index contributed by atoms with van der Waals surface area (Å²) in [5, 5.41) is 12.2. The summed E-state index contributed by atoms with van der Waals surface area (Å²) in [6.45, 7) is 3.20. The van der Waals surface area contributed by atoms with Crippen LogP contribution in [-0.2, 0) is 17.9 Å². The van der Waals surface area contributed by atoms with Crippen LogP contribution in [0.2, 0.25) is 0 Å². The summed E-state index contributed by atoms with van der Waals surface area (Å²) in [4.78, 5) is 12.5. The van der Waals surface area contributed by atoms with Gasteiger partial charge in [-0.2, -0.15) is 0 Å². The lowest BCUT2D eigenvalue weighted by Gasteiger charge is -2.10. The van der Waals surface area contributed by atoms with Gasteiger partial charge in [0.05, 0.1) is 18.4 Å². The zero-order valence-corrected chi connectivity index (χ0v) is 19.9. The number of benzene rings is 3. The maximum atomic E-state index is 12.5.